The van der Waals surface area contributed by atoms with E-state index in [0.29, 0.717) is 6.42 Å². The average Bonchev–Trinajstić information content (AvgIpc) is 2.19. The van der Waals surface area contributed by atoms with Gasteiger partial charge in [-0.15, -0.1) is 0 Å². The first kappa shape index (κ1) is 13.4. The van der Waals surface area contributed by atoms with E-state index in [4.69, 9.17) is 0 Å². The number of hydrogen-bond donors (Lipinski definition) is 1. The second-order valence-electron chi connectivity index (χ2n) is 3.79. The van der Waals surface area contributed by atoms with E-state index in [9.17, 15) is 9.90 Å². The van der Waals surface area contributed by atoms with Crippen LogP contribution in [0, 0.1) is 11.8 Å². The Labute approximate surface area is 87.0 Å². The molecule has 0 rings (SSSR count). The maximum Gasteiger partial charge on any atom is 0.125 e. The van der Waals surface area contributed by atoms with Gasteiger partial charge in [0.15, 0.2) is 0 Å². The summed E-state index contributed by atoms with van der Waals surface area (Å²) in [6, 6.07) is 0. The highest BCUT2D eigenvalue weighted by atomic mass is 16.3. The molecule has 82 valence electrons. The van der Waals surface area contributed by atoms with E-state index in [2.05, 4.69) is 19.1 Å². The first-order valence-corrected chi connectivity index (χ1v) is 5.45. The van der Waals surface area contributed by atoms with Gasteiger partial charge in [0.25, 0.3) is 0 Å². The minimum absolute atomic E-state index is 0.160. The fourth-order valence-electron chi connectivity index (χ4n) is 1.46. The zero-order valence-corrected chi connectivity index (χ0v) is 9.44. The Morgan fingerprint density at radius 1 is 1.29 bits per heavy atom. The summed E-state index contributed by atoms with van der Waals surface area (Å²) in [4.78, 5) is 10.6. The Morgan fingerprint density at radius 3 is 2.36 bits per heavy atom. The van der Waals surface area contributed by atoms with Gasteiger partial charge in [-0.3, -0.25) is 0 Å². The molecule has 0 radical (unpaired) electrons. The molecule has 3 unspecified atom stereocenters. The van der Waals surface area contributed by atoms with Crippen LogP contribution in [0.15, 0.2) is 12.2 Å². The third-order valence-corrected chi connectivity index (χ3v) is 2.58. The minimum Gasteiger partial charge on any atom is -0.392 e. The summed E-state index contributed by atoms with van der Waals surface area (Å²) in [5.41, 5.74) is 0. The third-order valence-electron chi connectivity index (χ3n) is 2.58. The van der Waals surface area contributed by atoms with Gasteiger partial charge < -0.3 is 9.90 Å². The molecule has 14 heavy (non-hydrogen) atoms. The van der Waals surface area contributed by atoms with E-state index >= 15 is 0 Å². The van der Waals surface area contributed by atoms with Crippen molar-refractivity contribution in [3.05, 3.63) is 12.2 Å². The van der Waals surface area contributed by atoms with Crippen molar-refractivity contribution in [3.63, 3.8) is 0 Å². The molecule has 0 aliphatic carbocycles. The van der Waals surface area contributed by atoms with Crippen LogP contribution >= 0.6 is 0 Å². The number of carbonyl (C=O) groups excluding carboxylic acids is 1. The second kappa shape index (κ2) is 7.74. The Kier molecular flexibility index (Phi) is 7.40. The van der Waals surface area contributed by atoms with Gasteiger partial charge in [-0.05, 0) is 25.2 Å². The van der Waals surface area contributed by atoms with Crippen molar-refractivity contribution in [2.45, 2.75) is 46.1 Å². The van der Waals surface area contributed by atoms with Gasteiger partial charge in [-0.1, -0.05) is 32.9 Å². The van der Waals surface area contributed by atoms with Crippen molar-refractivity contribution in [2.24, 2.45) is 11.8 Å². The summed E-state index contributed by atoms with van der Waals surface area (Å²) >= 11 is 0. The van der Waals surface area contributed by atoms with Crippen LogP contribution in [0.3, 0.4) is 0 Å². The van der Waals surface area contributed by atoms with Gasteiger partial charge in [-0.2, -0.15) is 0 Å². The SMILES string of the molecule is CC/C=C\CC(C)C(O)C(C=O)CC. The maximum atomic E-state index is 10.6. The van der Waals surface area contributed by atoms with Crippen molar-refractivity contribution in [2.75, 3.05) is 0 Å². The van der Waals surface area contributed by atoms with E-state index in [0.717, 1.165) is 19.1 Å². The molecule has 0 aromatic heterocycles. The normalized spacial score (nSPS) is 18.0. The molecule has 0 aromatic carbocycles. The van der Waals surface area contributed by atoms with Crippen molar-refractivity contribution >= 4 is 6.29 Å². The van der Waals surface area contributed by atoms with Crippen LogP contribution in [0.25, 0.3) is 0 Å². The van der Waals surface area contributed by atoms with Gasteiger partial charge in [0.1, 0.15) is 6.29 Å². The molecule has 2 heteroatoms. The predicted octanol–water partition coefficient (Wildman–Crippen LogP) is 2.56. The van der Waals surface area contributed by atoms with Crippen molar-refractivity contribution < 1.29 is 9.90 Å². The van der Waals surface area contributed by atoms with Gasteiger partial charge in [-0.25, -0.2) is 0 Å². The molecule has 0 fully saturated rings. The summed E-state index contributed by atoms with van der Waals surface area (Å²) in [7, 11) is 0. The highest BCUT2D eigenvalue weighted by Crippen LogP contribution is 2.18. The third kappa shape index (κ3) is 4.56. The lowest BCUT2D eigenvalue weighted by Gasteiger charge is -2.21. The smallest absolute Gasteiger partial charge is 0.125 e. The van der Waals surface area contributed by atoms with E-state index in [1.165, 1.54) is 0 Å². The topological polar surface area (TPSA) is 37.3 Å². The second-order valence-corrected chi connectivity index (χ2v) is 3.79. The lowest BCUT2D eigenvalue weighted by molar-refractivity contribution is -0.115. The van der Waals surface area contributed by atoms with Crippen molar-refractivity contribution in [3.8, 4) is 0 Å². The fourth-order valence-corrected chi connectivity index (χ4v) is 1.46. The number of aldehydes is 1. The molecule has 0 aliphatic rings. The molecule has 0 spiro atoms. The Hall–Kier alpha value is -0.630. The maximum absolute atomic E-state index is 10.6. The number of allylic oxidation sites excluding steroid dienone is 2. The standard InChI is InChI=1S/C12H22O2/c1-4-6-7-8-10(3)12(14)11(5-2)9-13/h6-7,9-12,14H,4-5,8H2,1-3H3/b7-6-. The van der Waals surface area contributed by atoms with E-state index < -0.39 is 6.10 Å². The molecular formula is C12H22O2. The van der Waals surface area contributed by atoms with Crippen LogP contribution in [0.5, 0.6) is 0 Å². The Bertz CT molecular complexity index is 175. The predicted molar refractivity (Wildman–Crippen MR) is 59.1 cm³/mol. The minimum atomic E-state index is -0.501. The van der Waals surface area contributed by atoms with Crippen LogP contribution in [0.1, 0.15) is 40.0 Å². The zero-order chi connectivity index (χ0) is 11.0. The molecule has 0 aromatic rings. The molecule has 0 amide bonds. The molecule has 0 saturated carbocycles. The lowest BCUT2D eigenvalue weighted by atomic mass is 9.89. The van der Waals surface area contributed by atoms with Crippen LogP contribution in [0.4, 0.5) is 0 Å². The van der Waals surface area contributed by atoms with Gasteiger partial charge in [0.05, 0.1) is 6.10 Å². The van der Waals surface area contributed by atoms with E-state index in [1.807, 2.05) is 13.8 Å². The number of rotatable bonds is 7. The summed E-state index contributed by atoms with van der Waals surface area (Å²) in [5, 5.41) is 9.81. The van der Waals surface area contributed by atoms with E-state index in [-0.39, 0.29) is 11.8 Å². The highest BCUT2D eigenvalue weighted by Gasteiger charge is 2.21. The monoisotopic (exact) mass is 198 g/mol. The Morgan fingerprint density at radius 2 is 1.93 bits per heavy atom. The fraction of sp³-hybridized carbons (Fsp3) is 0.750. The lowest BCUT2D eigenvalue weighted by Crippen LogP contribution is -2.27. The number of aliphatic hydroxyl groups excluding tert-OH is 1. The number of carbonyl (C=O) groups is 1. The van der Waals surface area contributed by atoms with Crippen molar-refractivity contribution in [1.82, 2.24) is 0 Å². The molecule has 0 aliphatic heterocycles. The summed E-state index contributed by atoms with van der Waals surface area (Å²) in [6.45, 7) is 5.99. The van der Waals surface area contributed by atoms with E-state index in [1.54, 1.807) is 0 Å². The number of aliphatic hydroxyl groups is 1. The molecule has 1 N–H and O–H groups in total. The van der Waals surface area contributed by atoms with Crippen molar-refractivity contribution in [1.29, 1.82) is 0 Å². The van der Waals surface area contributed by atoms with Crippen LogP contribution in [-0.4, -0.2) is 17.5 Å². The van der Waals surface area contributed by atoms with Crippen LogP contribution in [0.2, 0.25) is 0 Å². The van der Waals surface area contributed by atoms with Crippen LogP contribution in [-0.2, 0) is 4.79 Å². The summed E-state index contributed by atoms with van der Waals surface area (Å²) in [6.07, 6.45) is 7.11. The molecule has 2 nitrogen and oxygen atoms in total. The van der Waals surface area contributed by atoms with Gasteiger partial charge >= 0.3 is 0 Å². The largest absolute Gasteiger partial charge is 0.392 e. The molecule has 0 saturated heterocycles. The van der Waals surface area contributed by atoms with Gasteiger partial charge in [0, 0.05) is 5.92 Å². The molecule has 0 heterocycles. The first-order chi connectivity index (χ1) is 6.67. The molecular weight excluding hydrogens is 176 g/mol. The molecule has 3 atom stereocenters. The van der Waals surface area contributed by atoms with Gasteiger partial charge in [0.2, 0.25) is 0 Å². The quantitative estimate of drug-likeness (QED) is 0.504. The summed E-state index contributed by atoms with van der Waals surface area (Å²) in [5.74, 6) is -0.0482. The summed E-state index contributed by atoms with van der Waals surface area (Å²) < 4.78 is 0. The number of hydrogen-bond acceptors (Lipinski definition) is 2. The first-order valence-electron chi connectivity index (χ1n) is 5.45. The Balaban J connectivity index is 4.02. The van der Waals surface area contributed by atoms with Crippen LogP contribution < -0.4 is 0 Å². The molecule has 0 bridgehead atoms. The highest BCUT2D eigenvalue weighted by molar-refractivity contribution is 5.54. The average molecular weight is 198 g/mol. The zero-order valence-electron chi connectivity index (χ0n) is 9.44.